The zero-order valence-corrected chi connectivity index (χ0v) is 16.7. The van der Waals surface area contributed by atoms with Gasteiger partial charge in [0.05, 0.1) is 25.9 Å². The number of hydrogen-bond acceptors (Lipinski definition) is 9. The minimum absolute atomic E-state index is 0.118. The molecule has 0 aliphatic carbocycles. The van der Waals surface area contributed by atoms with E-state index in [1.54, 1.807) is 6.92 Å². The molecule has 0 fully saturated rings. The van der Waals surface area contributed by atoms with E-state index in [4.69, 9.17) is 4.74 Å². The predicted octanol–water partition coefficient (Wildman–Crippen LogP) is 2.82. The summed E-state index contributed by atoms with van der Waals surface area (Å²) in [6.45, 7) is 0.970. The van der Waals surface area contributed by atoms with Gasteiger partial charge in [0.15, 0.2) is 28.3 Å². The van der Waals surface area contributed by atoms with Gasteiger partial charge in [0, 0.05) is 11.3 Å². The van der Waals surface area contributed by atoms with Gasteiger partial charge in [0.1, 0.15) is 4.70 Å². The number of aliphatic hydroxyl groups is 2. The van der Waals surface area contributed by atoms with E-state index in [-0.39, 0.29) is 29.7 Å². The third-order valence-corrected chi connectivity index (χ3v) is 5.80. The number of aromatic nitrogens is 3. The summed E-state index contributed by atoms with van der Waals surface area (Å²) in [5, 5.41) is 22.8. The average molecular weight is 428 g/mol. The van der Waals surface area contributed by atoms with Crippen molar-refractivity contribution >= 4 is 39.3 Å². The number of anilines is 1. The van der Waals surface area contributed by atoms with Crippen LogP contribution in [0.2, 0.25) is 0 Å². The summed E-state index contributed by atoms with van der Waals surface area (Å²) in [5.41, 5.74) is -0.468. The number of methoxy groups -OCH3 is 1. The summed E-state index contributed by atoms with van der Waals surface area (Å²) in [6.07, 6.45) is 0. The lowest BCUT2D eigenvalue weighted by Crippen LogP contribution is -2.42. The van der Waals surface area contributed by atoms with E-state index in [2.05, 4.69) is 20.3 Å². The SMILES string of the molecule is COc1nc2nc(SCc3cccc(F)c3F)nc(NC(C)(CO)CO)c2s1. The number of hydrogen-bond donors (Lipinski definition) is 3. The highest BCUT2D eigenvalue weighted by Crippen LogP contribution is 2.35. The second kappa shape index (κ2) is 8.52. The molecular weight excluding hydrogens is 410 g/mol. The Morgan fingerprint density at radius 3 is 2.64 bits per heavy atom. The monoisotopic (exact) mass is 428 g/mol. The number of halogens is 2. The van der Waals surface area contributed by atoms with Crippen LogP contribution in [0.4, 0.5) is 14.6 Å². The Morgan fingerprint density at radius 1 is 1.21 bits per heavy atom. The molecule has 2 heterocycles. The molecular formula is C17H18F2N4O3S2. The van der Waals surface area contributed by atoms with Crippen molar-refractivity contribution < 1.29 is 23.7 Å². The van der Waals surface area contributed by atoms with Crippen LogP contribution in [0.3, 0.4) is 0 Å². The molecule has 0 spiro atoms. The van der Waals surface area contributed by atoms with Crippen molar-refractivity contribution in [1.82, 2.24) is 15.0 Å². The maximum absolute atomic E-state index is 13.9. The van der Waals surface area contributed by atoms with Gasteiger partial charge >= 0.3 is 0 Å². The number of nitrogens with zero attached hydrogens (tertiary/aromatic N) is 3. The molecule has 28 heavy (non-hydrogen) atoms. The number of aliphatic hydroxyl groups excluding tert-OH is 2. The van der Waals surface area contributed by atoms with Crippen molar-refractivity contribution in [3.63, 3.8) is 0 Å². The van der Waals surface area contributed by atoms with Gasteiger partial charge in [-0.1, -0.05) is 35.2 Å². The lowest BCUT2D eigenvalue weighted by Gasteiger charge is -2.27. The fourth-order valence-corrected chi connectivity index (χ4v) is 3.82. The van der Waals surface area contributed by atoms with Gasteiger partial charge in [0.2, 0.25) is 0 Å². The van der Waals surface area contributed by atoms with Crippen LogP contribution in [0.25, 0.3) is 10.3 Å². The van der Waals surface area contributed by atoms with Gasteiger partial charge in [-0.25, -0.2) is 18.7 Å². The van der Waals surface area contributed by atoms with Crippen molar-refractivity contribution in [2.24, 2.45) is 0 Å². The first kappa shape index (κ1) is 20.6. The smallest absolute Gasteiger partial charge is 0.275 e. The molecule has 0 aliphatic rings. The molecule has 2 aromatic heterocycles. The summed E-state index contributed by atoms with van der Waals surface area (Å²) < 4.78 is 33.0. The lowest BCUT2D eigenvalue weighted by molar-refractivity contribution is 0.147. The largest absolute Gasteiger partial charge is 0.473 e. The number of benzene rings is 1. The van der Waals surface area contributed by atoms with E-state index < -0.39 is 17.2 Å². The molecule has 150 valence electrons. The van der Waals surface area contributed by atoms with Crippen LogP contribution >= 0.6 is 23.1 Å². The molecule has 0 radical (unpaired) electrons. The molecule has 3 rings (SSSR count). The van der Waals surface area contributed by atoms with Crippen molar-refractivity contribution in [3.05, 3.63) is 35.4 Å². The van der Waals surface area contributed by atoms with Gasteiger partial charge in [0.25, 0.3) is 5.19 Å². The first-order chi connectivity index (χ1) is 13.4. The maximum atomic E-state index is 13.9. The molecule has 0 aliphatic heterocycles. The minimum Gasteiger partial charge on any atom is -0.473 e. The third kappa shape index (κ3) is 4.32. The van der Waals surface area contributed by atoms with Crippen LogP contribution in [0.15, 0.2) is 23.4 Å². The summed E-state index contributed by atoms with van der Waals surface area (Å²) >= 11 is 2.32. The predicted molar refractivity (Wildman–Crippen MR) is 104 cm³/mol. The van der Waals surface area contributed by atoms with Crippen molar-refractivity contribution in [1.29, 1.82) is 0 Å². The Morgan fingerprint density at radius 2 is 1.96 bits per heavy atom. The molecule has 0 saturated carbocycles. The Kier molecular flexibility index (Phi) is 6.28. The van der Waals surface area contributed by atoms with Crippen LogP contribution in [0.5, 0.6) is 5.19 Å². The quantitative estimate of drug-likeness (QED) is 0.372. The second-order valence-corrected chi connectivity index (χ2v) is 8.10. The molecule has 1 aromatic carbocycles. The summed E-state index contributed by atoms with van der Waals surface area (Å²) in [5.74, 6) is -1.34. The number of rotatable bonds is 8. The third-order valence-electron chi connectivity index (χ3n) is 3.89. The van der Waals surface area contributed by atoms with Crippen LogP contribution in [-0.4, -0.2) is 51.0 Å². The van der Waals surface area contributed by atoms with Gasteiger partial charge in [-0.15, -0.1) is 0 Å². The average Bonchev–Trinajstić information content (AvgIpc) is 3.12. The highest BCUT2D eigenvalue weighted by atomic mass is 32.2. The number of nitrogens with one attached hydrogen (secondary N) is 1. The molecule has 3 N–H and O–H groups in total. The van der Waals surface area contributed by atoms with E-state index >= 15 is 0 Å². The molecule has 11 heteroatoms. The summed E-state index contributed by atoms with van der Waals surface area (Å²) in [4.78, 5) is 13.0. The summed E-state index contributed by atoms with van der Waals surface area (Å²) in [7, 11) is 1.48. The van der Waals surface area contributed by atoms with Crippen LogP contribution in [0, 0.1) is 11.6 Å². The molecule has 0 saturated heterocycles. The highest BCUT2D eigenvalue weighted by molar-refractivity contribution is 7.98. The Labute approximate surface area is 167 Å². The number of thioether (sulfide) groups is 1. The van der Waals surface area contributed by atoms with E-state index in [9.17, 15) is 19.0 Å². The normalized spacial score (nSPS) is 11.8. The zero-order chi connectivity index (χ0) is 20.3. The fraction of sp³-hybridized carbons (Fsp3) is 0.353. The summed E-state index contributed by atoms with van der Waals surface area (Å²) in [6, 6.07) is 3.98. The van der Waals surface area contributed by atoms with Gasteiger partial charge in [-0.05, 0) is 13.0 Å². The molecule has 3 aromatic rings. The van der Waals surface area contributed by atoms with E-state index in [1.807, 2.05) is 0 Å². The number of fused-ring (bicyclic) bond motifs is 1. The van der Waals surface area contributed by atoms with Crippen LogP contribution < -0.4 is 10.1 Å². The van der Waals surface area contributed by atoms with Crippen LogP contribution in [0.1, 0.15) is 12.5 Å². The Bertz CT molecular complexity index is 982. The molecule has 0 bridgehead atoms. The Hall–Kier alpha value is -2.08. The molecule has 7 nitrogen and oxygen atoms in total. The van der Waals surface area contributed by atoms with Crippen LogP contribution in [-0.2, 0) is 5.75 Å². The standard InChI is InChI=1S/C17H18F2N4O3S2/c1-17(7-24,8-25)23-14-12-13(22-16(26-2)28-12)20-15(21-14)27-6-9-4-3-5-10(18)11(9)19/h3-5,24-25H,6-8H2,1-2H3,(H,20,21,23). The molecule has 0 atom stereocenters. The topological polar surface area (TPSA) is 100 Å². The highest BCUT2D eigenvalue weighted by Gasteiger charge is 2.25. The zero-order valence-electron chi connectivity index (χ0n) is 15.1. The van der Waals surface area contributed by atoms with Gasteiger partial charge < -0.3 is 20.3 Å². The first-order valence-electron chi connectivity index (χ1n) is 8.17. The van der Waals surface area contributed by atoms with Crippen molar-refractivity contribution in [3.8, 4) is 5.19 Å². The lowest BCUT2D eigenvalue weighted by atomic mass is 10.1. The van der Waals surface area contributed by atoms with E-state index in [0.29, 0.717) is 21.4 Å². The molecule has 0 unspecified atom stereocenters. The van der Waals surface area contributed by atoms with Gasteiger partial charge in [-0.2, -0.15) is 4.98 Å². The maximum Gasteiger partial charge on any atom is 0.275 e. The van der Waals surface area contributed by atoms with Crippen molar-refractivity contribution in [2.75, 3.05) is 25.6 Å². The number of thiazole rings is 1. The van der Waals surface area contributed by atoms with E-state index in [1.165, 1.54) is 30.6 Å². The van der Waals surface area contributed by atoms with E-state index in [0.717, 1.165) is 17.8 Å². The Balaban J connectivity index is 1.95. The fourth-order valence-electron chi connectivity index (χ4n) is 2.24. The second-order valence-electron chi connectivity index (χ2n) is 6.19. The van der Waals surface area contributed by atoms with Gasteiger partial charge in [-0.3, -0.25) is 0 Å². The first-order valence-corrected chi connectivity index (χ1v) is 9.97. The molecule has 0 amide bonds. The van der Waals surface area contributed by atoms with Crippen molar-refractivity contribution in [2.45, 2.75) is 23.4 Å². The number of ether oxygens (including phenoxy) is 1. The minimum atomic E-state index is -1.02.